The molecule has 6 rings (SSSR count). The summed E-state index contributed by atoms with van der Waals surface area (Å²) < 4.78 is 191. The van der Waals surface area contributed by atoms with Crippen molar-refractivity contribution in [1.82, 2.24) is 14.4 Å². The number of aromatic nitrogens is 1. The van der Waals surface area contributed by atoms with Gasteiger partial charge in [-0.25, -0.2) is 8.78 Å². The van der Waals surface area contributed by atoms with Crippen LogP contribution in [0.4, 0.5) is 22.0 Å². The Morgan fingerprint density at radius 2 is 1.71 bits per heavy atom. The van der Waals surface area contributed by atoms with Crippen LogP contribution in [0.15, 0.2) is 107 Å². The number of halogens is 5. The summed E-state index contributed by atoms with van der Waals surface area (Å²) in [5, 5.41) is -1.54. The maximum atomic E-state index is 15.1. The Morgan fingerprint density at radius 1 is 1.02 bits per heavy atom. The minimum absolute atomic E-state index is 0.205. The number of piperidine rings is 1. The second kappa shape index (κ2) is 16.4. The van der Waals surface area contributed by atoms with Gasteiger partial charge in [-0.3, -0.25) is 9.59 Å². The Bertz CT molecular complexity index is 2720. The van der Waals surface area contributed by atoms with Gasteiger partial charge < -0.3 is 19.1 Å². The molecule has 0 N–H and O–H groups in total. The molecule has 0 aliphatic carbocycles. The van der Waals surface area contributed by atoms with Crippen molar-refractivity contribution >= 4 is 28.6 Å². The van der Waals surface area contributed by atoms with Crippen LogP contribution < -0.4 is 5.43 Å². The van der Waals surface area contributed by atoms with Crippen LogP contribution in [0.5, 0.6) is 0 Å². The van der Waals surface area contributed by atoms with E-state index in [0.29, 0.717) is 33.0 Å². The van der Waals surface area contributed by atoms with Gasteiger partial charge in [0.05, 0.1) is 39.1 Å². The number of hydrogen-bond donors (Lipinski definition) is 0. The van der Waals surface area contributed by atoms with E-state index in [-0.39, 0.29) is 31.5 Å². The normalized spacial score (nSPS) is 19.2. The number of pyridine rings is 1. The molecule has 1 aromatic heterocycles. The van der Waals surface area contributed by atoms with Gasteiger partial charge in [-0.2, -0.15) is 13.2 Å². The second-order valence-corrected chi connectivity index (χ2v) is 12.6. The number of para-hydroxylation sites is 1. The van der Waals surface area contributed by atoms with Gasteiger partial charge in [0.2, 0.25) is 5.91 Å². The van der Waals surface area contributed by atoms with E-state index in [9.17, 15) is 29.5 Å². The standard InChI is InChI=1S/C40H38F5N3O3S/c1-51-22-21-46-19-17-32(18-20-46)47(24-27-9-11-28(12-10-27)29-13-15-31(16-14-29)40(43,44)45)37(50)25-48-35-8-3-2-6-33(35)36(49)23-38(48)52-26-30-5-4-7-34(41)39(30)42/h2-16,23,32H,17-22,24-26H2,1H3/i1D3,2D,3D,6D,8D,21D2,22D2,23D,25D2. The zero-order valence-corrected chi connectivity index (χ0v) is 27.9. The van der Waals surface area contributed by atoms with Crippen LogP contribution in [-0.4, -0.2) is 59.5 Å². The van der Waals surface area contributed by atoms with E-state index >= 15 is 4.79 Å². The van der Waals surface area contributed by atoms with Crippen LogP contribution in [0.2, 0.25) is 0 Å². The van der Waals surface area contributed by atoms with Crippen LogP contribution in [0, 0.1) is 11.6 Å². The third-order valence-electron chi connectivity index (χ3n) is 8.42. The van der Waals surface area contributed by atoms with E-state index in [1.165, 1.54) is 48.5 Å². The average Bonchev–Trinajstić information content (AvgIpc) is 3.24. The molecule has 0 spiro atoms. The number of likely N-dealkylation sites (tertiary alicyclic amines) is 1. The summed E-state index contributed by atoms with van der Waals surface area (Å²) >= 11 is 0.417. The molecule has 0 atom stereocenters. The van der Waals surface area contributed by atoms with E-state index in [4.69, 9.17) is 16.4 Å². The Kier molecular flexibility index (Phi) is 7.34. The lowest BCUT2D eigenvalue weighted by Gasteiger charge is -2.39. The van der Waals surface area contributed by atoms with Crippen molar-refractivity contribution in [3.63, 3.8) is 0 Å². The van der Waals surface area contributed by atoms with Crippen molar-refractivity contribution in [3.8, 4) is 11.1 Å². The Labute approximate surface area is 322 Å². The highest BCUT2D eigenvalue weighted by Gasteiger charge is 2.31. The maximum absolute atomic E-state index is 15.1. The molecule has 1 aliphatic rings. The second-order valence-electron chi connectivity index (χ2n) is 11.7. The number of carbonyl (C=O) groups is 1. The van der Waals surface area contributed by atoms with E-state index in [1.54, 1.807) is 0 Å². The van der Waals surface area contributed by atoms with Crippen molar-refractivity contribution in [2.75, 3.05) is 33.2 Å². The highest BCUT2D eigenvalue weighted by molar-refractivity contribution is 7.98. The van der Waals surface area contributed by atoms with Gasteiger partial charge in [0.15, 0.2) is 17.1 Å². The van der Waals surface area contributed by atoms with Crippen LogP contribution >= 0.6 is 11.8 Å². The summed E-state index contributed by atoms with van der Waals surface area (Å²) in [6.45, 7) is -11.1. The molecule has 0 bridgehead atoms. The minimum Gasteiger partial charge on any atom is -0.383 e. The fourth-order valence-electron chi connectivity index (χ4n) is 5.72. The van der Waals surface area contributed by atoms with Crippen LogP contribution in [0.3, 0.4) is 0 Å². The number of nitrogens with zero attached hydrogens (tertiary/aromatic N) is 3. The molecule has 0 radical (unpaired) electrons. The third kappa shape index (κ3) is 8.74. The largest absolute Gasteiger partial charge is 0.416 e. The Morgan fingerprint density at radius 3 is 2.40 bits per heavy atom. The Balaban J connectivity index is 1.46. The van der Waals surface area contributed by atoms with Crippen LogP contribution in [0.1, 0.15) is 48.7 Å². The van der Waals surface area contributed by atoms with E-state index in [1.807, 2.05) is 0 Å². The number of benzene rings is 4. The lowest BCUT2D eigenvalue weighted by atomic mass is 10.00. The average molecular weight is 750 g/mol. The first kappa shape index (κ1) is 23.2. The summed E-state index contributed by atoms with van der Waals surface area (Å²) in [6.07, 6.45) is -4.99. The van der Waals surface area contributed by atoms with Crippen molar-refractivity contribution < 1.29 is 50.7 Å². The topological polar surface area (TPSA) is 54.8 Å². The smallest absolute Gasteiger partial charge is 0.383 e. The van der Waals surface area contributed by atoms with Crippen molar-refractivity contribution in [3.05, 3.63) is 135 Å². The fourth-order valence-corrected chi connectivity index (χ4v) is 6.67. The van der Waals surface area contributed by atoms with Gasteiger partial charge >= 0.3 is 6.18 Å². The molecule has 52 heavy (non-hydrogen) atoms. The molecule has 0 unspecified atom stereocenters. The molecule has 5 aromatic rings. The molecule has 4 aromatic carbocycles. The first-order valence-electron chi connectivity index (χ1n) is 22.7. The lowest BCUT2D eigenvalue weighted by Crippen LogP contribution is -2.48. The number of ether oxygens (including phenoxy) is 1. The van der Waals surface area contributed by atoms with E-state index < -0.39 is 126 Å². The summed E-state index contributed by atoms with van der Waals surface area (Å²) in [5.74, 6) is -4.55. The summed E-state index contributed by atoms with van der Waals surface area (Å²) in [5.41, 5.74) is -2.13. The maximum Gasteiger partial charge on any atom is 0.416 e. The molecule has 1 fully saturated rings. The monoisotopic (exact) mass is 749 g/mol. The van der Waals surface area contributed by atoms with Crippen molar-refractivity contribution in [2.24, 2.45) is 0 Å². The number of fused-ring (bicyclic) bond motifs is 1. The molecule has 6 nitrogen and oxygen atoms in total. The van der Waals surface area contributed by atoms with E-state index in [0.717, 1.165) is 28.0 Å². The number of rotatable bonds is 12. The highest BCUT2D eigenvalue weighted by atomic mass is 32.2. The van der Waals surface area contributed by atoms with Crippen molar-refractivity contribution in [1.29, 1.82) is 0 Å². The molecule has 1 aliphatic heterocycles. The third-order valence-corrected chi connectivity index (χ3v) is 9.43. The van der Waals surface area contributed by atoms with E-state index in [2.05, 4.69) is 4.74 Å². The van der Waals surface area contributed by atoms with Gasteiger partial charge in [0, 0.05) is 64.7 Å². The molecular formula is C40H38F5N3O3S. The number of carbonyl (C=O) groups excluding carboxylic acids is 1. The van der Waals surface area contributed by atoms with Crippen molar-refractivity contribution in [2.45, 2.75) is 48.9 Å². The Hall–Kier alpha value is -4.52. The fraction of sp³-hybridized carbons (Fsp3) is 0.300. The highest BCUT2D eigenvalue weighted by Crippen LogP contribution is 2.32. The predicted molar refractivity (Wildman–Crippen MR) is 193 cm³/mol. The minimum atomic E-state index is -4.58. The molecule has 1 saturated heterocycles. The quantitative estimate of drug-likeness (QED) is 0.0948. The van der Waals surface area contributed by atoms with Gasteiger partial charge in [0.1, 0.15) is 6.50 Å². The number of thioether (sulfide) groups is 1. The number of hydrogen-bond acceptors (Lipinski definition) is 5. The lowest BCUT2D eigenvalue weighted by molar-refractivity contribution is -0.137. The van der Waals surface area contributed by atoms with Gasteiger partial charge in [0.25, 0.3) is 0 Å². The van der Waals surface area contributed by atoms with Gasteiger partial charge in [-0.15, -0.1) is 11.8 Å². The summed E-state index contributed by atoms with van der Waals surface area (Å²) in [6, 6.07) is 7.65. The van der Waals surface area contributed by atoms with Gasteiger partial charge in [-0.05, 0) is 59.8 Å². The molecular weight excluding hydrogens is 698 g/mol. The predicted octanol–water partition coefficient (Wildman–Crippen LogP) is 8.40. The zero-order chi connectivity index (χ0) is 49.1. The molecule has 2 heterocycles. The number of methoxy groups -OCH3 is 1. The summed E-state index contributed by atoms with van der Waals surface area (Å²) in [7, 11) is -3.33. The first-order valence-corrected chi connectivity index (χ1v) is 16.7. The van der Waals surface area contributed by atoms with Crippen LogP contribution in [-0.2, 0) is 34.5 Å². The number of amides is 1. The molecule has 1 amide bonds. The first-order chi connectivity index (χ1) is 30.5. The van der Waals surface area contributed by atoms with Gasteiger partial charge in [-0.1, -0.05) is 60.6 Å². The summed E-state index contributed by atoms with van der Waals surface area (Å²) in [4.78, 5) is 30.9. The molecule has 0 saturated carbocycles. The SMILES string of the molecule is [2H]c1c([2H])c([2H])c2c(c1[2H])c(=O)c([2H])c(SCc1cccc(F)c1F)n2C([2H])([2H])C(=O)N(Cc1ccc(-c2ccc(C(F)(F)F)cc2)cc1)C1CCN(C([2H])([2H])C([2H])([2H])OC([2H])([2H])[2H])CC1. The zero-order valence-electron chi connectivity index (χ0n) is 41.0. The molecule has 12 heteroatoms. The molecule has 272 valence electrons. The number of alkyl halides is 3. The van der Waals surface area contributed by atoms with Crippen LogP contribution in [0.25, 0.3) is 22.0 Å².